The summed E-state index contributed by atoms with van der Waals surface area (Å²) in [6, 6.07) is 3.96. The highest BCUT2D eigenvalue weighted by Gasteiger charge is 2.02. The van der Waals surface area contributed by atoms with Crippen molar-refractivity contribution < 1.29 is 14.9 Å². The van der Waals surface area contributed by atoms with Crippen molar-refractivity contribution in [3.05, 3.63) is 30.9 Å². The Morgan fingerprint density at radius 3 is 2.13 bits per heavy atom. The number of hydrogen-bond donors (Lipinski definition) is 2. The average Bonchev–Trinajstić information content (AvgIpc) is 2.17. The smallest absolute Gasteiger partial charge is 0.324 e. The quantitative estimate of drug-likeness (QED) is 0.762. The normalized spacial score (nSPS) is 9.87. The maximum atomic E-state index is 9.18. The van der Waals surface area contributed by atoms with Gasteiger partial charge in [-0.25, -0.2) is 4.98 Å². The van der Waals surface area contributed by atoms with Gasteiger partial charge in [-0.3, -0.25) is 0 Å². The Balaban J connectivity index is 2.25. The van der Waals surface area contributed by atoms with E-state index in [1.54, 1.807) is 0 Å². The van der Waals surface area contributed by atoms with E-state index in [0.717, 1.165) is 0 Å². The number of nitrogens with zero attached hydrogens (tertiary/aromatic N) is 3. The van der Waals surface area contributed by atoms with Gasteiger partial charge in [0.25, 0.3) is 0 Å². The third-order valence-corrected chi connectivity index (χ3v) is 1.55. The second-order valence-electron chi connectivity index (χ2n) is 2.71. The van der Waals surface area contributed by atoms with Crippen LogP contribution in [0.1, 0.15) is 0 Å². The van der Waals surface area contributed by atoms with Crippen molar-refractivity contribution in [1.82, 2.24) is 15.0 Å². The Labute approximate surface area is 84.8 Å². The molecule has 1 aromatic carbocycles. The van der Waals surface area contributed by atoms with Crippen LogP contribution in [0.5, 0.6) is 23.3 Å². The van der Waals surface area contributed by atoms with Crippen molar-refractivity contribution in [2.75, 3.05) is 0 Å². The molecule has 0 saturated carbocycles. The van der Waals surface area contributed by atoms with Crippen molar-refractivity contribution in [3.63, 3.8) is 0 Å². The number of aromatic nitrogens is 3. The summed E-state index contributed by atoms with van der Waals surface area (Å²) >= 11 is 0. The van der Waals surface area contributed by atoms with Crippen LogP contribution < -0.4 is 4.74 Å². The number of rotatable bonds is 2. The lowest BCUT2D eigenvalue weighted by Gasteiger charge is -2.03. The van der Waals surface area contributed by atoms with Crippen LogP contribution in [-0.4, -0.2) is 25.2 Å². The molecule has 1 aromatic heterocycles. The molecule has 0 bridgehead atoms. The fourth-order valence-electron chi connectivity index (χ4n) is 1.01. The topological polar surface area (TPSA) is 88.4 Å². The molecule has 76 valence electrons. The molecule has 2 rings (SSSR count). The molecular formula is C9H7N3O3. The number of hydrogen-bond acceptors (Lipinski definition) is 6. The standard InChI is InChI=1S/C9H7N3O3/c13-6-1-7(14)3-8(2-6)15-9-11-4-10-5-12-9/h1-5,13-14H. The predicted octanol–water partition coefficient (Wildman–Crippen LogP) is 1.08. The minimum absolute atomic E-state index is 0.0926. The lowest BCUT2D eigenvalue weighted by molar-refractivity contribution is 0.415. The molecule has 0 unspecified atom stereocenters. The summed E-state index contributed by atoms with van der Waals surface area (Å²) in [6.45, 7) is 0. The van der Waals surface area contributed by atoms with E-state index in [1.165, 1.54) is 30.9 Å². The van der Waals surface area contributed by atoms with E-state index >= 15 is 0 Å². The van der Waals surface area contributed by atoms with E-state index in [0.29, 0.717) is 0 Å². The maximum absolute atomic E-state index is 9.18. The molecule has 0 amide bonds. The highest BCUT2D eigenvalue weighted by atomic mass is 16.5. The van der Waals surface area contributed by atoms with E-state index in [1.807, 2.05) is 0 Å². The molecule has 0 saturated heterocycles. The predicted molar refractivity (Wildman–Crippen MR) is 49.7 cm³/mol. The van der Waals surface area contributed by atoms with Gasteiger partial charge in [-0.05, 0) is 0 Å². The summed E-state index contributed by atoms with van der Waals surface area (Å²) < 4.78 is 5.16. The number of benzene rings is 1. The molecular weight excluding hydrogens is 198 g/mol. The van der Waals surface area contributed by atoms with Gasteiger partial charge in [-0.2, -0.15) is 9.97 Å². The molecule has 0 atom stereocenters. The zero-order valence-corrected chi connectivity index (χ0v) is 7.53. The number of phenolic OH excluding ortho intramolecular Hbond substituents is 2. The van der Waals surface area contributed by atoms with E-state index in [2.05, 4.69) is 15.0 Å². The van der Waals surface area contributed by atoms with Crippen molar-refractivity contribution in [1.29, 1.82) is 0 Å². The molecule has 0 spiro atoms. The Morgan fingerprint density at radius 1 is 0.933 bits per heavy atom. The van der Waals surface area contributed by atoms with Crippen molar-refractivity contribution in [3.8, 4) is 23.3 Å². The molecule has 15 heavy (non-hydrogen) atoms. The van der Waals surface area contributed by atoms with Gasteiger partial charge in [0.05, 0.1) is 0 Å². The summed E-state index contributed by atoms with van der Waals surface area (Å²) in [5, 5.41) is 18.4. The zero-order valence-electron chi connectivity index (χ0n) is 7.53. The summed E-state index contributed by atoms with van der Waals surface area (Å²) in [5.74, 6) is 0.0526. The van der Waals surface area contributed by atoms with Gasteiger partial charge in [0.1, 0.15) is 29.9 Å². The first-order valence-corrected chi connectivity index (χ1v) is 4.07. The molecule has 0 aliphatic heterocycles. The van der Waals surface area contributed by atoms with Crippen LogP contribution in [0.3, 0.4) is 0 Å². The summed E-state index contributed by atoms with van der Waals surface area (Å²) in [7, 11) is 0. The minimum Gasteiger partial charge on any atom is -0.508 e. The third kappa shape index (κ3) is 2.31. The van der Waals surface area contributed by atoms with Gasteiger partial charge in [-0.1, -0.05) is 0 Å². The average molecular weight is 205 g/mol. The van der Waals surface area contributed by atoms with Crippen LogP contribution in [0.25, 0.3) is 0 Å². The second kappa shape index (κ2) is 3.79. The van der Waals surface area contributed by atoms with Gasteiger partial charge >= 0.3 is 6.01 Å². The highest BCUT2D eigenvalue weighted by Crippen LogP contribution is 2.27. The fraction of sp³-hybridized carbons (Fsp3) is 0. The van der Waals surface area contributed by atoms with Gasteiger partial charge in [0, 0.05) is 18.2 Å². The Morgan fingerprint density at radius 2 is 1.53 bits per heavy atom. The van der Waals surface area contributed by atoms with Gasteiger partial charge in [0.2, 0.25) is 0 Å². The van der Waals surface area contributed by atoms with Crippen LogP contribution in [0.15, 0.2) is 30.9 Å². The third-order valence-electron chi connectivity index (χ3n) is 1.55. The van der Waals surface area contributed by atoms with Crippen LogP contribution >= 0.6 is 0 Å². The van der Waals surface area contributed by atoms with E-state index in [4.69, 9.17) is 4.74 Å². The Hall–Kier alpha value is -2.37. The number of phenols is 2. The molecule has 2 aromatic rings. The molecule has 0 aliphatic rings. The van der Waals surface area contributed by atoms with Crippen LogP contribution in [0.2, 0.25) is 0 Å². The summed E-state index contributed by atoms with van der Waals surface area (Å²) in [5.41, 5.74) is 0. The van der Waals surface area contributed by atoms with Gasteiger partial charge in [-0.15, -0.1) is 0 Å². The Bertz CT molecular complexity index is 441. The Kier molecular flexibility index (Phi) is 2.32. The number of ether oxygens (including phenoxy) is 1. The van der Waals surface area contributed by atoms with E-state index in [-0.39, 0.29) is 23.3 Å². The fourth-order valence-corrected chi connectivity index (χ4v) is 1.01. The van der Waals surface area contributed by atoms with Crippen LogP contribution in [-0.2, 0) is 0 Å². The molecule has 0 radical (unpaired) electrons. The number of aromatic hydroxyl groups is 2. The molecule has 6 heteroatoms. The summed E-state index contributed by atoms with van der Waals surface area (Å²) in [6.07, 6.45) is 2.57. The van der Waals surface area contributed by atoms with Crippen molar-refractivity contribution in [2.24, 2.45) is 0 Å². The van der Waals surface area contributed by atoms with Crippen LogP contribution in [0, 0.1) is 0 Å². The molecule has 0 aliphatic carbocycles. The first-order valence-electron chi connectivity index (χ1n) is 4.07. The largest absolute Gasteiger partial charge is 0.508 e. The lowest BCUT2D eigenvalue weighted by atomic mass is 10.3. The maximum Gasteiger partial charge on any atom is 0.324 e. The van der Waals surface area contributed by atoms with Gasteiger partial charge < -0.3 is 14.9 Å². The summed E-state index contributed by atoms with van der Waals surface area (Å²) in [4.78, 5) is 11.1. The lowest BCUT2D eigenvalue weighted by Crippen LogP contribution is -1.91. The molecule has 1 heterocycles. The van der Waals surface area contributed by atoms with E-state index in [9.17, 15) is 10.2 Å². The highest BCUT2D eigenvalue weighted by molar-refractivity contribution is 5.41. The zero-order chi connectivity index (χ0) is 10.7. The second-order valence-corrected chi connectivity index (χ2v) is 2.71. The molecule has 0 fully saturated rings. The molecule has 6 nitrogen and oxygen atoms in total. The van der Waals surface area contributed by atoms with Crippen molar-refractivity contribution in [2.45, 2.75) is 0 Å². The first kappa shape index (κ1) is 9.20. The molecule has 2 N–H and O–H groups in total. The van der Waals surface area contributed by atoms with E-state index < -0.39 is 0 Å². The van der Waals surface area contributed by atoms with Crippen molar-refractivity contribution >= 4 is 0 Å². The van der Waals surface area contributed by atoms with Gasteiger partial charge in [0.15, 0.2) is 0 Å². The first-order chi connectivity index (χ1) is 7.24. The minimum atomic E-state index is -0.0981. The van der Waals surface area contributed by atoms with Crippen LogP contribution in [0.4, 0.5) is 0 Å². The SMILES string of the molecule is Oc1cc(O)cc(Oc2ncncn2)c1. The monoisotopic (exact) mass is 205 g/mol.